The van der Waals surface area contributed by atoms with Crippen molar-refractivity contribution in [3.05, 3.63) is 53.6 Å². The third kappa shape index (κ3) is 4.91. The Morgan fingerprint density at radius 3 is 2.41 bits per heavy atom. The van der Waals surface area contributed by atoms with Crippen LogP contribution >= 0.6 is 0 Å². The summed E-state index contributed by atoms with van der Waals surface area (Å²) >= 11 is 0. The Balaban J connectivity index is 1.44. The third-order valence-corrected chi connectivity index (χ3v) is 5.74. The zero-order chi connectivity index (χ0) is 22.5. The highest BCUT2D eigenvalue weighted by Gasteiger charge is 2.22. The largest absolute Gasteiger partial charge is 0.465 e. The minimum atomic E-state index is -0.505. The molecular weight excluding hydrogens is 410 g/mol. The first-order valence-electron chi connectivity index (χ1n) is 10.8. The van der Waals surface area contributed by atoms with E-state index < -0.39 is 5.97 Å². The van der Waals surface area contributed by atoms with Crippen LogP contribution in [0.15, 0.2) is 42.5 Å². The van der Waals surface area contributed by atoms with E-state index in [2.05, 4.69) is 10.2 Å². The van der Waals surface area contributed by atoms with Gasteiger partial charge in [0, 0.05) is 37.4 Å². The highest BCUT2D eigenvalue weighted by atomic mass is 16.5. The second-order valence-corrected chi connectivity index (χ2v) is 7.86. The number of amides is 2. The number of hydrogen-bond acceptors (Lipinski definition) is 6. The van der Waals surface area contributed by atoms with Crippen molar-refractivity contribution in [2.24, 2.45) is 0 Å². The van der Waals surface area contributed by atoms with Gasteiger partial charge in [-0.3, -0.25) is 9.59 Å². The number of rotatable bonds is 6. The van der Waals surface area contributed by atoms with Crippen LogP contribution in [-0.2, 0) is 25.5 Å². The summed E-state index contributed by atoms with van der Waals surface area (Å²) in [6.07, 6.45) is 1.60. The molecule has 8 nitrogen and oxygen atoms in total. The maximum Gasteiger partial charge on any atom is 0.340 e. The lowest BCUT2D eigenvalue weighted by Gasteiger charge is -2.29. The summed E-state index contributed by atoms with van der Waals surface area (Å²) in [7, 11) is 1.32. The molecule has 0 bridgehead atoms. The van der Waals surface area contributed by atoms with Crippen molar-refractivity contribution < 1.29 is 23.9 Å². The number of anilines is 3. The minimum absolute atomic E-state index is 0.131. The Hall–Kier alpha value is -3.39. The van der Waals surface area contributed by atoms with Crippen LogP contribution in [-0.4, -0.2) is 57.7 Å². The van der Waals surface area contributed by atoms with Crippen LogP contribution in [0.2, 0.25) is 0 Å². The van der Waals surface area contributed by atoms with Crippen molar-refractivity contribution in [1.29, 1.82) is 0 Å². The minimum Gasteiger partial charge on any atom is -0.465 e. The Morgan fingerprint density at radius 1 is 1.03 bits per heavy atom. The fraction of sp³-hybridized carbons (Fsp3) is 0.375. The summed E-state index contributed by atoms with van der Waals surface area (Å²) in [4.78, 5) is 40.8. The number of benzene rings is 2. The topological polar surface area (TPSA) is 88.2 Å². The number of nitrogens with zero attached hydrogens (tertiary/aromatic N) is 2. The summed E-state index contributed by atoms with van der Waals surface area (Å²) in [6.45, 7) is 3.49. The van der Waals surface area contributed by atoms with Crippen LogP contribution in [0.25, 0.3) is 0 Å². The molecule has 0 unspecified atom stereocenters. The molecule has 2 aliphatic heterocycles. The van der Waals surface area contributed by atoms with Crippen LogP contribution in [0.1, 0.15) is 28.8 Å². The standard InChI is InChI=1S/C24H27N3O5/c1-31-24(30)20-16-19(26-11-13-32-14-12-26)8-9-21(20)25-22(28)15-17-4-6-18(7-5-17)27-10-2-3-23(27)29/h4-9,16H,2-3,10-15H2,1H3,(H,25,28). The van der Waals surface area contributed by atoms with Gasteiger partial charge in [0.1, 0.15) is 0 Å². The molecule has 2 fully saturated rings. The van der Waals surface area contributed by atoms with Gasteiger partial charge in [0.15, 0.2) is 0 Å². The normalized spacial score (nSPS) is 16.2. The molecule has 0 radical (unpaired) electrons. The van der Waals surface area contributed by atoms with E-state index in [1.54, 1.807) is 17.0 Å². The van der Waals surface area contributed by atoms with Crippen molar-refractivity contribution in [2.45, 2.75) is 19.3 Å². The molecule has 2 aromatic rings. The Labute approximate surface area is 187 Å². The van der Waals surface area contributed by atoms with Gasteiger partial charge in [-0.1, -0.05) is 12.1 Å². The van der Waals surface area contributed by atoms with Crippen molar-refractivity contribution in [1.82, 2.24) is 0 Å². The lowest BCUT2D eigenvalue weighted by molar-refractivity contribution is -0.117. The SMILES string of the molecule is COC(=O)c1cc(N2CCOCC2)ccc1NC(=O)Cc1ccc(N2CCCC2=O)cc1. The molecule has 2 amide bonds. The number of nitrogens with one attached hydrogen (secondary N) is 1. The fourth-order valence-electron chi connectivity index (χ4n) is 4.03. The van der Waals surface area contributed by atoms with Gasteiger partial charge in [-0.2, -0.15) is 0 Å². The maximum absolute atomic E-state index is 12.7. The van der Waals surface area contributed by atoms with E-state index >= 15 is 0 Å². The van der Waals surface area contributed by atoms with Crippen LogP contribution < -0.4 is 15.1 Å². The summed E-state index contributed by atoms with van der Waals surface area (Å²) in [5, 5.41) is 2.83. The number of morpholine rings is 1. The smallest absolute Gasteiger partial charge is 0.340 e. The lowest BCUT2D eigenvalue weighted by Crippen LogP contribution is -2.36. The molecule has 0 spiro atoms. The summed E-state index contributed by atoms with van der Waals surface area (Å²) < 4.78 is 10.3. The average molecular weight is 437 g/mol. The number of carbonyl (C=O) groups excluding carboxylic acids is 3. The van der Waals surface area contributed by atoms with Crippen LogP contribution in [0.5, 0.6) is 0 Å². The quantitative estimate of drug-likeness (QED) is 0.699. The molecule has 2 heterocycles. The third-order valence-electron chi connectivity index (χ3n) is 5.74. The molecule has 0 saturated carbocycles. The molecule has 1 N–H and O–H groups in total. The van der Waals surface area contributed by atoms with Crippen molar-refractivity contribution >= 4 is 34.8 Å². The van der Waals surface area contributed by atoms with E-state index in [4.69, 9.17) is 9.47 Å². The van der Waals surface area contributed by atoms with Crippen molar-refractivity contribution in [3.63, 3.8) is 0 Å². The van der Waals surface area contributed by atoms with E-state index in [1.807, 2.05) is 30.3 Å². The van der Waals surface area contributed by atoms with Gasteiger partial charge in [0.2, 0.25) is 11.8 Å². The number of hydrogen-bond donors (Lipinski definition) is 1. The Kier molecular flexibility index (Phi) is 6.70. The van der Waals surface area contributed by atoms with Crippen molar-refractivity contribution in [2.75, 3.05) is 55.1 Å². The van der Waals surface area contributed by atoms with Gasteiger partial charge in [-0.15, -0.1) is 0 Å². The zero-order valence-corrected chi connectivity index (χ0v) is 18.1. The van der Waals surface area contributed by atoms with E-state index in [9.17, 15) is 14.4 Å². The first-order chi connectivity index (χ1) is 15.5. The van der Waals surface area contributed by atoms with Crippen molar-refractivity contribution in [3.8, 4) is 0 Å². The Morgan fingerprint density at radius 2 is 1.75 bits per heavy atom. The molecule has 4 rings (SSSR count). The van der Waals surface area contributed by atoms with E-state index in [-0.39, 0.29) is 18.2 Å². The van der Waals surface area contributed by atoms with E-state index in [0.29, 0.717) is 30.9 Å². The van der Waals surface area contributed by atoms with Gasteiger partial charge in [0.05, 0.1) is 38.0 Å². The number of ether oxygens (including phenoxy) is 2. The number of methoxy groups -OCH3 is 1. The van der Waals surface area contributed by atoms with E-state index in [1.165, 1.54) is 7.11 Å². The average Bonchev–Trinajstić information content (AvgIpc) is 3.25. The predicted molar refractivity (Wildman–Crippen MR) is 121 cm³/mol. The molecular formula is C24H27N3O5. The number of carbonyl (C=O) groups is 3. The first kappa shape index (κ1) is 21.8. The second kappa shape index (κ2) is 9.82. The van der Waals surface area contributed by atoms with Gasteiger partial charge >= 0.3 is 5.97 Å². The Bertz CT molecular complexity index is 999. The zero-order valence-electron chi connectivity index (χ0n) is 18.1. The molecule has 8 heteroatoms. The van der Waals surface area contributed by atoms with Crippen LogP contribution in [0.3, 0.4) is 0 Å². The molecule has 0 aromatic heterocycles. The first-order valence-corrected chi connectivity index (χ1v) is 10.8. The highest BCUT2D eigenvalue weighted by Crippen LogP contribution is 2.26. The lowest BCUT2D eigenvalue weighted by atomic mass is 10.1. The summed E-state index contributed by atoms with van der Waals surface area (Å²) in [6, 6.07) is 12.8. The predicted octanol–water partition coefficient (Wildman–Crippen LogP) is 2.62. The molecule has 2 aliphatic rings. The molecule has 168 valence electrons. The van der Waals surface area contributed by atoms with Gasteiger partial charge in [-0.05, 0) is 42.3 Å². The molecule has 2 saturated heterocycles. The summed E-state index contributed by atoms with van der Waals surface area (Å²) in [5.74, 6) is -0.610. The van der Waals surface area contributed by atoms with E-state index in [0.717, 1.165) is 43.0 Å². The highest BCUT2D eigenvalue weighted by molar-refractivity contribution is 6.02. The molecule has 0 aliphatic carbocycles. The van der Waals surface area contributed by atoms with Crippen LogP contribution in [0, 0.1) is 0 Å². The molecule has 0 atom stereocenters. The van der Waals surface area contributed by atoms with Gasteiger partial charge in [-0.25, -0.2) is 4.79 Å². The molecule has 2 aromatic carbocycles. The van der Waals surface area contributed by atoms with Gasteiger partial charge < -0.3 is 24.6 Å². The number of esters is 1. The summed E-state index contributed by atoms with van der Waals surface area (Å²) in [5.41, 5.74) is 3.29. The molecule has 32 heavy (non-hydrogen) atoms. The van der Waals surface area contributed by atoms with Crippen LogP contribution in [0.4, 0.5) is 17.1 Å². The maximum atomic E-state index is 12.7. The fourth-order valence-corrected chi connectivity index (χ4v) is 4.03. The van der Waals surface area contributed by atoms with Gasteiger partial charge in [0.25, 0.3) is 0 Å². The second-order valence-electron chi connectivity index (χ2n) is 7.86. The monoisotopic (exact) mass is 437 g/mol.